The molecule has 1 saturated heterocycles. The van der Waals surface area contributed by atoms with Gasteiger partial charge in [0.1, 0.15) is 0 Å². The molecule has 25 heavy (non-hydrogen) atoms. The minimum Gasteiger partial charge on any atom is -0.350 e. The monoisotopic (exact) mass is 409 g/mol. The van der Waals surface area contributed by atoms with Crippen molar-refractivity contribution < 1.29 is 14.1 Å². The summed E-state index contributed by atoms with van der Waals surface area (Å²) in [7, 11) is 0. The van der Waals surface area contributed by atoms with Gasteiger partial charge in [-0.1, -0.05) is 0 Å². The smallest absolute Gasteiger partial charge is 0.304 e. The van der Waals surface area contributed by atoms with Gasteiger partial charge >= 0.3 is 5.69 Å². The fraction of sp³-hybridized carbons (Fsp3) is 0.267. The number of hydrogen-bond donors (Lipinski definition) is 1. The van der Waals surface area contributed by atoms with Crippen LogP contribution in [0.4, 0.5) is 16.0 Å². The van der Waals surface area contributed by atoms with Crippen LogP contribution in [-0.4, -0.2) is 44.8 Å². The Labute approximate surface area is 150 Å². The Morgan fingerprint density at radius 3 is 2.76 bits per heavy atom. The Hall–Kier alpha value is -2.62. The number of carbonyl (C=O) groups excluding carboxylic acids is 1. The molecule has 1 amide bonds. The number of halogens is 2. The Bertz CT molecular complexity index is 817. The maximum atomic E-state index is 13.7. The van der Waals surface area contributed by atoms with Gasteiger partial charge in [0.2, 0.25) is 11.8 Å². The molecular formula is C15H13BrFN5O3. The number of benzene rings is 1. The lowest BCUT2D eigenvalue weighted by atomic mass is 10.1. The van der Waals surface area contributed by atoms with Crippen molar-refractivity contribution in [2.24, 2.45) is 0 Å². The van der Waals surface area contributed by atoms with Crippen LogP contribution >= 0.6 is 15.9 Å². The number of nitrogens with one attached hydrogen (secondary N) is 1. The van der Waals surface area contributed by atoms with E-state index in [4.69, 9.17) is 0 Å². The highest BCUT2D eigenvalue weighted by Gasteiger charge is 2.28. The predicted octanol–water partition coefficient (Wildman–Crippen LogP) is 2.61. The molecule has 1 N–H and O–H groups in total. The van der Waals surface area contributed by atoms with Gasteiger partial charge in [0.15, 0.2) is 0 Å². The van der Waals surface area contributed by atoms with Crippen molar-refractivity contribution in [3.05, 3.63) is 56.6 Å². The molecule has 1 aliphatic rings. The summed E-state index contributed by atoms with van der Waals surface area (Å²) in [6.07, 6.45) is 3.93. The maximum Gasteiger partial charge on any atom is 0.304 e. The molecule has 10 heteroatoms. The van der Waals surface area contributed by atoms with Crippen molar-refractivity contribution in [1.29, 1.82) is 0 Å². The quantitative estimate of drug-likeness (QED) is 0.614. The molecule has 0 bridgehead atoms. The Morgan fingerprint density at radius 1 is 1.40 bits per heavy atom. The summed E-state index contributed by atoms with van der Waals surface area (Å²) in [6, 6.07) is 3.15. The van der Waals surface area contributed by atoms with Gasteiger partial charge in [-0.2, -0.15) is 4.39 Å². The first-order valence-electron chi connectivity index (χ1n) is 7.41. The molecule has 1 aromatic carbocycles. The van der Waals surface area contributed by atoms with Crippen LogP contribution in [0.5, 0.6) is 0 Å². The van der Waals surface area contributed by atoms with E-state index < -0.39 is 16.4 Å². The lowest BCUT2D eigenvalue weighted by Gasteiger charge is -2.17. The van der Waals surface area contributed by atoms with Crippen LogP contribution in [0.1, 0.15) is 16.8 Å². The summed E-state index contributed by atoms with van der Waals surface area (Å²) in [6.45, 7) is 0.905. The van der Waals surface area contributed by atoms with Crippen LogP contribution in [0.25, 0.3) is 0 Å². The highest BCUT2D eigenvalue weighted by Crippen LogP contribution is 2.21. The average molecular weight is 410 g/mol. The summed E-state index contributed by atoms with van der Waals surface area (Å²) in [4.78, 5) is 32.1. The number of nitro benzene ring substituents is 1. The van der Waals surface area contributed by atoms with Crippen LogP contribution in [0.15, 0.2) is 35.1 Å². The van der Waals surface area contributed by atoms with Crippen molar-refractivity contribution in [2.45, 2.75) is 12.5 Å². The summed E-state index contributed by atoms with van der Waals surface area (Å²) in [5, 5.41) is 13.8. The lowest BCUT2D eigenvalue weighted by Crippen LogP contribution is -2.32. The summed E-state index contributed by atoms with van der Waals surface area (Å²) in [5.74, 6) is -0.924. The van der Waals surface area contributed by atoms with Gasteiger partial charge in [0.25, 0.3) is 5.91 Å². The molecule has 0 spiro atoms. The third-order valence-corrected chi connectivity index (χ3v) is 4.23. The maximum absolute atomic E-state index is 13.7. The van der Waals surface area contributed by atoms with E-state index >= 15 is 0 Å². The van der Waals surface area contributed by atoms with Gasteiger partial charge in [-0.25, -0.2) is 9.97 Å². The molecule has 1 fully saturated rings. The van der Waals surface area contributed by atoms with Crippen LogP contribution in [0, 0.1) is 15.9 Å². The van der Waals surface area contributed by atoms with Gasteiger partial charge in [-0.05, 0) is 34.5 Å². The topological polar surface area (TPSA) is 101 Å². The molecule has 0 aliphatic carbocycles. The zero-order chi connectivity index (χ0) is 18.0. The largest absolute Gasteiger partial charge is 0.350 e. The normalized spacial score (nSPS) is 16.7. The summed E-state index contributed by atoms with van der Waals surface area (Å²) in [5.41, 5.74) is -0.562. The van der Waals surface area contributed by atoms with Gasteiger partial charge in [-0.15, -0.1) is 0 Å². The van der Waals surface area contributed by atoms with E-state index in [1.54, 1.807) is 17.3 Å². The van der Waals surface area contributed by atoms with Gasteiger partial charge < -0.3 is 10.2 Å². The molecule has 0 unspecified atom stereocenters. The van der Waals surface area contributed by atoms with Crippen molar-refractivity contribution in [2.75, 3.05) is 18.4 Å². The van der Waals surface area contributed by atoms with Crippen LogP contribution in [0.3, 0.4) is 0 Å². The van der Waals surface area contributed by atoms with E-state index in [-0.39, 0.29) is 17.5 Å². The van der Waals surface area contributed by atoms with Gasteiger partial charge in [0.05, 0.1) is 9.40 Å². The Balaban J connectivity index is 1.65. The first kappa shape index (κ1) is 17.2. The lowest BCUT2D eigenvalue weighted by molar-refractivity contribution is -0.387. The zero-order valence-corrected chi connectivity index (χ0v) is 14.4. The number of amides is 1. The molecule has 130 valence electrons. The number of carbonyl (C=O) groups is 1. The average Bonchev–Trinajstić information content (AvgIpc) is 3.04. The molecule has 8 nitrogen and oxygen atoms in total. The summed E-state index contributed by atoms with van der Waals surface area (Å²) >= 11 is 3.25. The molecule has 0 saturated carbocycles. The van der Waals surface area contributed by atoms with Crippen molar-refractivity contribution >= 4 is 33.5 Å². The first-order valence-corrected chi connectivity index (χ1v) is 8.20. The van der Waals surface area contributed by atoms with E-state index in [2.05, 4.69) is 31.2 Å². The fourth-order valence-electron chi connectivity index (χ4n) is 2.60. The van der Waals surface area contributed by atoms with Crippen molar-refractivity contribution in [3.8, 4) is 0 Å². The molecule has 3 rings (SSSR count). The van der Waals surface area contributed by atoms with Gasteiger partial charge in [0, 0.05) is 43.2 Å². The fourth-order valence-corrected chi connectivity index (χ4v) is 2.81. The molecule has 1 aliphatic heterocycles. The highest BCUT2D eigenvalue weighted by atomic mass is 79.9. The number of aromatic nitrogens is 2. The third kappa shape index (κ3) is 3.90. The van der Waals surface area contributed by atoms with E-state index in [1.165, 1.54) is 6.07 Å². The molecule has 1 atom stereocenters. The van der Waals surface area contributed by atoms with Crippen LogP contribution in [-0.2, 0) is 0 Å². The molecule has 0 radical (unpaired) electrons. The predicted molar refractivity (Wildman–Crippen MR) is 90.7 cm³/mol. The molecule has 2 heterocycles. The first-order chi connectivity index (χ1) is 11.9. The second-order valence-electron chi connectivity index (χ2n) is 5.53. The molecular weight excluding hydrogens is 397 g/mol. The van der Waals surface area contributed by atoms with Gasteiger partial charge in [-0.3, -0.25) is 14.9 Å². The second-order valence-corrected chi connectivity index (χ2v) is 6.44. The van der Waals surface area contributed by atoms with Crippen molar-refractivity contribution in [1.82, 2.24) is 14.9 Å². The van der Waals surface area contributed by atoms with Crippen LogP contribution < -0.4 is 5.32 Å². The van der Waals surface area contributed by atoms with Crippen molar-refractivity contribution in [3.63, 3.8) is 0 Å². The second kappa shape index (κ2) is 7.09. The number of rotatable bonds is 4. The Kier molecular flexibility index (Phi) is 4.88. The van der Waals surface area contributed by atoms with E-state index in [9.17, 15) is 19.3 Å². The van der Waals surface area contributed by atoms with E-state index in [1.807, 2.05) is 0 Å². The Morgan fingerprint density at radius 2 is 2.12 bits per heavy atom. The van der Waals surface area contributed by atoms with E-state index in [0.717, 1.165) is 16.6 Å². The van der Waals surface area contributed by atoms with E-state index in [0.29, 0.717) is 25.5 Å². The number of hydrogen-bond acceptors (Lipinski definition) is 6. The zero-order valence-electron chi connectivity index (χ0n) is 12.9. The third-order valence-electron chi connectivity index (χ3n) is 3.82. The standard InChI is InChI=1S/C15H13BrFN5O3/c16-10-6-18-15(19-7-10)20-11-3-4-21(8-11)14(23)9-1-2-13(22(24)25)12(17)5-9/h1-2,5-7,11H,3-4,8H2,(H,18,19,20)/t11-/m1/s1. The highest BCUT2D eigenvalue weighted by molar-refractivity contribution is 9.10. The number of likely N-dealkylation sites (tertiary alicyclic amines) is 1. The molecule has 2 aromatic rings. The minimum absolute atomic E-state index is 0.0204. The number of nitrogens with zero attached hydrogens (tertiary/aromatic N) is 4. The van der Waals surface area contributed by atoms with Crippen LogP contribution in [0.2, 0.25) is 0 Å². The molecule has 1 aromatic heterocycles. The SMILES string of the molecule is O=C(c1ccc([N+](=O)[O-])c(F)c1)N1CC[C@@H](Nc2ncc(Br)cn2)C1. The number of anilines is 1. The summed E-state index contributed by atoms with van der Waals surface area (Å²) < 4.78 is 14.5. The number of nitro groups is 1. The minimum atomic E-state index is -1.02.